The second-order valence-corrected chi connectivity index (χ2v) is 2.56. The molecule has 14 heavy (non-hydrogen) atoms. The smallest absolute Gasteiger partial charge is 0.293 e. The lowest BCUT2D eigenvalue weighted by Gasteiger charge is -2.19. The van der Waals surface area contributed by atoms with Crippen molar-refractivity contribution in [3.8, 4) is 0 Å². The molecule has 0 bridgehead atoms. The number of carbonyl (C=O) groups is 2. The van der Waals surface area contributed by atoms with Crippen molar-refractivity contribution in [1.82, 2.24) is 0 Å². The largest absolute Gasteiger partial charge is 0.460 e. The van der Waals surface area contributed by atoms with Crippen LogP contribution in [0.25, 0.3) is 0 Å². The van der Waals surface area contributed by atoms with Gasteiger partial charge in [0.25, 0.3) is 6.47 Å². The van der Waals surface area contributed by atoms with Crippen LogP contribution < -0.4 is 0 Å². The Morgan fingerprint density at radius 1 is 1.36 bits per heavy atom. The molecule has 7 heteroatoms. The Morgan fingerprint density at radius 3 is 2.36 bits per heavy atom. The number of aliphatic hydroxyl groups excluding tert-OH is 4. The molecule has 0 fully saturated rings. The summed E-state index contributed by atoms with van der Waals surface area (Å²) in [5, 5.41) is 35.3. The standard InChI is InChI=1S/C7H12O7/c8-1-4(10)6(12)7(13)5(11)2-14-3-9/h3-4,6-8,10,12-13H,1-2H2/t4-,6+,7+/m1/s1. The fourth-order valence-corrected chi connectivity index (χ4v) is 0.710. The molecule has 0 amide bonds. The Balaban J connectivity index is 4.09. The first kappa shape index (κ1) is 13.0. The molecule has 0 aromatic carbocycles. The van der Waals surface area contributed by atoms with E-state index in [4.69, 9.17) is 20.4 Å². The van der Waals surface area contributed by atoms with E-state index in [1.165, 1.54) is 0 Å². The Kier molecular flexibility index (Phi) is 5.97. The van der Waals surface area contributed by atoms with Crippen LogP contribution in [0.1, 0.15) is 0 Å². The minimum absolute atomic E-state index is 0.0134. The molecule has 0 rings (SSSR count). The Hall–Kier alpha value is -1.02. The van der Waals surface area contributed by atoms with E-state index in [-0.39, 0.29) is 6.47 Å². The predicted octanol–water partition coefficient (Wildman–Crippen LogP) is -3.20. The van der Waals surface area contributed by atoms with Crippen molar-refractivity contribution in [3.05, 3.63) is 0 Å². The number of carbonyl (C=O) groups excluding carboxylic acids is 2. The van der Waals surface area contributed by atoms with Gasteiger partial charge < -0.3 is 25.2 Å². The lowest BCUT2D eigenvalue weighted by Crippen LogP contribution is -2.45. The summed E-state index contributed by atoms with van der Waals surface area (Å²) in [5.74, 6) is -0.961. The predicted molar refractivity (Wildman–Crippen MR) is 42.1 cm³/mol. The van der Waals surface area contributed by atoms with Crippen LogP contribution in [-0.2, 0) is 14.3 Å². The van der Waals surface area contributed by atoms with Crippen molar-refractivity contribution in [2.24, 2.45) is 0 Å². The zero-order chi connectivity index (χ0) is 11.1. The van der Waals surface area contributed by atoms with Gasteiger partial charge in [-0.2, -0.15) is 0 Å². The van der Waals surface area contributed by atoms with Crippen LogP contribution in [0, 0.1) is 0 Å². The minimum Gasteiger partial charge on any atom is -0.460 e. The average molecular weight is 208 g/mol. The van der Waals surface area contributed by atoms with Gasteiger partial charge in [0.2, 0.25) is 5.78 Å². The van der Waals surface area contributed by atoms with Crippen LogP contribution in [0.2, 0.25) is 0 Å². The van der Waals surface area contributed by atoms with Gasteiger partial charge in [-0.15, -0.1) is 0 Å². The van der Waals surface area contributed by atoms with Gasteiger partial charge in [-0.05, 0) is 0 Å². The van der Waals surface area contributed by atoms with Gasteiger partial charge in [-0.1, -0.05) is 0 Å². The van der Waals surface area contributed by atoms with Crippen LogP contribution in [0.5, 0.6) is 0 Å². The summed E-state index contributed by atoms with van der Waals surface area (Å²) in [6, 6.07) is 0. The maximum Gasteiger partial charge on any atom is 0.293 e. The van der Waals surface area contributed by atoms with E-state index in [2.05, 4.69) is 4.74 Å². The average Bonchev–Trinajstić information content (AvgIpc) is 2.22. The molecular weight excluding hydrogens is 196 g/mol. The van der Waals surface area contributed by atoms with Crippen molar-refractivity contribution in [1.29, 1.82) is 0 Å². The monoisotopic (exact) mass is 208 g/mol. The zero-order valence-electron chi connectivity index (χ0n) is 7.24. The summed E-state index contributed by atoms with van der Waals surface area (Å²) in [5.41, 5.74) is 0. The van der Waals surface area contributed by atoms with Gasteiger partial charge in [0.1, 0.15) is 18.3 Å². The summed E-state index contributed by atoms with van der Waals surface area (Å²) in [7, 11) is 0. The van der Waals surface area contributed by atoms with E-state index in [0.29, 0.717) is 0 Å². The number of Topliss-reactive ketones (excluding diaryl/α,β-unsaturated/α-hetero) is 1. The van der Waals surface area contributed by atoms with Crippen molar-refractivity contribution < 1.29 is 34.8 Å². The number of hydrogen-bond donors (Lipinski definition) is 4. The summed E-state index contributed by atoms with van der Waals surface area (Å²) in [6.07, 6.45) is -5.31. The number of rotatable bonds is 7. The van der Waals surface area contributed by atoms with E-state index in [1.807, 2.05) is 0 Å². The third kappa shape index (κ3) is 3.79. The van der Waals surface area contributed by atoms with Crippen molar-refractivity contribution in [3.63, 3.8) is 0 Å². The zero-order valence-corrected chi connectivity index (χ0v) is 7.24. The first-order valence-electron chi connectivity index (χ1n) is 3.77. The molecule has 0 aromatic heterocycles. The summed E-state index contributed by atoms with van der Waals surface area (Å²) in [6.45, 7) is -1.47. The highest BCUT2D eigenvalue weighted by Crippen LogP contribution is 2.01. The molecule has 0 saturated carbocycles. The Morgan fingerprint density at radius 2 is 1.93 bits per heavy atom. The molecule has 0 aliphatic rings. The fourth-order valence-electron chi connectivity index (χ4n) is 0.710. The minimum atomic E-state index is -1.89. The topological polar surface area (TPSA) is 124 Å². The number of ether oxygens (including phenoxy) is 1. The van der Waals surface area contributed by atoms with Crippen molar-refractivity contribution in [2.45, 2.75) is 18.3 Å². The van der Waals surface area contributed by atoms with E-state index in [0.717, 1.165) is 0 Å². The summed E-state index contributed by atoms with van der Waals surface area (Å²) >= 11 is 0. The molecule has 4 N–H and O–H groups in total. The number of aliphatic hydroxyl groups is 4. The summed E-state index contributed by atoms with van der Waals surface area (Å²) in [4.78, 5) is 20.6. The normalized spacial score (nSPS) is 16.9. The summed E-state index contributed by atoms with van der Waals surface area (Å²) < 4.78 is 4.03. The number of ketones is 1. The van der Waals surface area contributed by atoms with Gasteiger partial charge in [0, 0.05) is 0 Å². The highest BCUT2D eigenvalue weighted by molar-refractivity contribution is 5.85. The maximum absolute atomic E-state index is 10.9. The highest BCUT2D eigenvalue weighted by Gasteiger charge is 2.29. The molecular formula is C7H12O7. The molecule has 0 aliphatic carbocycles. The first-order chi connectivity index (χ1) is 6.54. The van der Waals surface area contributed by atoms with E-state index in [9.17, 15) is 9.59 Å². The fraction of sp³-hybridized carbons (Fsp3) is 0.714. The second kappa shape index (κ2) is 6.44. The molecule has 0 aliphatic heterocycles. The van der Waals surface area contributed by atoms with Gasteiger partial charge in [-0.25, -0.2) is 0 Å². The first-order valence-corrected chi connectivity index (χ1v) is 3.77. The van der Waals surface area contributed by atoms with E-state index >= 15 is 0 Å². The number of hydrogen-bond acceptors (Lipinski definition) is 7. The van der Waals surface area contributed by atoms with Crippen LogP contribution in [0.3, 0.4) is 0 Å². The molecule has 0 saturated heterocycles. The highest BCUT2D eigenvalue weighted by atomic mass is 16.5. The van der Waals surface area contributed by atoms with Gasteiger partial charge in [0.05, 0.1) is 6.61 Å². The Labute approximate surface area is 79.5 Å². The van der Waals surface area contributed by atoms with Crippen LogP contribution >= 0.6 is 0 Å². The van der Waals surface area contributed by atoms with Crippen molar-refractivity contribution in [2.75, 3.05) is 13.2 Å². The molecule has 0 unspecified atom stereocenters. The lowest BCUT2D eigenvalue weighted by molar-refractivity contribution is -0.148. The Bertz CT molecular complexity index is 192. The van der Waals surface area contributed by atoms with Crippen LogP contribution in [0.4, 0.5) is 0 Å². The molecule has 0 aromatic rings. The van der Waals surface area contributed by atoms with E-state index in [1.54, 1.807) is 0 Å². The second-order valence-electron chi connectivity index (χ2n) is 2.56. The third-order valence-electron chi connectivity index (χ3n) is 1.53. The molecule has 82 valence electrons. The van der Waals surface area contributed by atoms with Crippen LogP contribution in [-0.4, -0.2) is 64.2 Å². The quantitative estimate of drug-likeness (QED) is 0.325. The van der Waals surface area contributed by atoms with E-state index < -0.39 is 37.3 Å². The lowest BCUT2D eigenvalue weighted by atomic mass is 10.1. The third-order valence-corrected chi connectivity index (χ3v) is 1.53. The van der Waals surface area contributed by atoms with Crippen molar-refractivity contribution >= 4 is 12.3 Å². The SMILES string of the molecule is O=COCC(=O)[C@H](O)[C@@H](O)[C@H](O)CO. The van der Waals surface area contributed by atoms with Crippen LogP contribution in [0.15, 0.2) is 0 Å². The molecule has 7 nitrogen and oxygen atoms in total. The molecule has 0 heterocycles. The van der Waals surface area contributed by atoms with Gasteiger partial charge in [-0.3, -0.25) is 9.59 Å². The maximum atomic E-state index is 10.9. The molecule has 0 radical (unpaired) electrons. The van der Waals surface area contributed by atoms with Gasteiger partial charge >= 0.3 is 0 Å². The molecule has 0 spiro atoms. The van der Waals surface area contributed by atoms with Gasteiger partial charge in [0.15, 0.2) is 6.61 Å². The molecule has 3 atom stereocenters.